The fourth-order valence-corrected chi connectivity index (χ4v) is 1.96. The van der Waals surface area contributed by atoms with E-state index in [1.807, 2.05) is 12.1 Å². The summed E-state index contributed by atoms with van der Waals surface area (Å²) in [5.41, 5.74) is 2.50. The molecule has 0 bridgehead atoms. The summed E-state index contributed by atoms with van der Waals surface area (Å²) in [5.74, 6) is 0. The summed E-state index contributed by atoms with van der Waals surface area (Å²) in [7, 11) is 2.11. The zero-order valence-corrected chi connectivity index (χ0v) is 12.1. The normalized spacial score (nSPS) is 10.9. The van der Waals surface area contributed by atoms with Crippen LogP contribution in [0.4, 0.5) is 0 Å². The van der Waals surface area contributed by atoms with E-state index < -0.39 is 0 Å². The highest BCUT2D eigenvalue weighted by molar-refractivity contribution is 6.30. The van der Waals surface area contributed by atoms with Gasteiger partial charge in [-0.2, -0.15) is 0 Å². The third-order valence-electron chi connectivity index (χ3n) is 2.66. The molecule has 2 nitrogen and oxygen atoms in total. The molecule has 0 unspecified atom stereocenters. The third-order valence-corrected chi connectivity index (χ3v) is 2.91. The van der Waals surface area contributed by atoms with Crippen LogP contribution < -0.4 is 5.32 Å². The van der Waals surface area contributed by atoms with Gasteiger partial charge in [0.1, 0.15) is 0 Å². The van der Waals surface area contributed by atoms with Crippen molar-refractivity contribution < 1.29 is 0 Å². The highest BCUT2D eigenvalue weighted by Gasteiger charge is 2.02. The molecule has 0 aliphatic carbocycles. The Morgan fingerprint density at radius 1 is 1.33 bits per heavy atom. The molecule has 0 aliphatic rings. The zero-order chi connectivity index (χ0) is 13.4. The van der Waals surface area contributed by atoms with Gasteiger partial charge in [0.25, 0.3) is 0 Å². The molecule has 1 aromatic rings. The van der Waals surface area contributed by atoms with Gasteiger partial charge in [0.15, 0.2) is 0 Å². The molecule has 0 radical (unpaired) electrons. The van der Waals surface area contributed by atoms with Crippen LogP contribution in [0.25, 0.3) is 0 Å². The summed E-state index contributed by atoms with van der Waals surface area (Å²) in [4.78, 5) is 2.26. The van der Waals surface area contributed by atoms with Crippen LogP contribution in [0.1, 0.15) is 18.9 Å². The Morgan fingerprint density at radius 3 is 2.61 bits per heavy atom. The van der Waals surface area contributed by atoms with Crippen LogP contribution in [-0.4, -0.2) is 31.6 Å². The van der Waals surface area contributed by atoms with Crippen molar-refractivity contribution in [3.8, 4) is 0 Å². The number of hydrogen-bond acceptors (Lipinski definition) is 2. The average molecular weight is 267 g/mol. The molecule has 0 saturated carbocycles. The Labute approximate surface area is 116 Å². The van der Waals surface area contributed by atoms with Gasteiger partial charge in [-0.15, -0.1) is 0 Å². The fraction of sp³-hybridized carbons (Fsp3) is 0.467. The summed E-state index contributed by atoms with van der Waals surface area (Å²) >= 11 is 5.87. The number of likely N-dealkylation sites (N-methyl/N-ethyl adjacent to an activating group) is 1. The molecule has 18 heavy (non-hydrogen) atoms. The second-order valence-corrected chi connectivity index (χ2v) is 5.16. The Hall–Kier alpha value is -0.830. The van der Waals surface area contributed by atoms with Gasteiger partial charge < -0.3 is 5.32 Å². The van der Waals surface area contributed by atoms with Crippen molar-refractivity contribution >= 4 is 11.6 Å². The maximum Gasteiger partial charge on any atom is 0.0406 e. The van der Waals surface area contributed by atoms with Crippen molar-refractivity contribution in [2.75, 3.05) is 26.7 Å². The topological polar surface area (TPSA) is 15.3 Å². The first kappa shape index (κ1) is 15.2. The lowest BCUT2D eigenvalue weighted by atomic mass is 10.2. The fourth-order valence-electron chi connectivity index (χ4n) is 1.84. The largest absolute Gasteiger partial charge is 0.313 e. The van der Waals surface area contributed by atoms with Crippen LogP contribution in [0.15, 0.2) is 36.4 Å². The van der Waals surface area contributed by atoms with E-state index in [4.69, 9.17) is 11.6 Å². The molecule has 1 aromatic carbocycles. The van der Waals surface area contributed by atoms with E-state index in [1.165, 1.54) is 11.1 Å². The highest BCUT2D eigenvalue weighted by atomic mass is 35.5. The minimum Gasteiger partial charge on any atom is -0.313 e. The van der Waals surface area contributed by atoms with Gasteiger partial charge in [-0.05, 0) is 43.3 Å². The molecule has 100 valence electrons. The van der Waals surface area contributed by atoms with Crippen LogP contribution in [0.5, 0.6) is 0 Å². The van der Waals surface area contributed by atoms with Crippen molar-refractivity contribution in [3.63, 3.8) is 0 Å². The lowest BCUT2D eigenvalue weighted by Crippen LogP contribution is -2.26. The lowest BCUT2D eigenvalue weighted by molar-refractivity contribution is 0.352. The monoisotopic (exact) mass is 266 g/mol. The van der Waals surface area contributed by atoms with Crippen LogP contribution in [0.2, 0.25) is 5.02 Å². The molecule has 1 rings (SSSR count). The first-order valence-electron chi connectivity index (χ1n) is 6.42. The second-order valence-electron chi connectivity index (χ2n) is 4.73. The SMILES string of the molecule is C=C(CNCCC)CN(C)Cc1ccc(Cl)cc1. The van der Waals surface area contributed by atoms with E-state index in [0.717, 1.165) is 37.6 Å². The standard InChI is InChI=1S/C15H23ClN2/c1-4-9-17-10-13(2)11-18(3)12-14-5-7-15(16)8-6-14/h5-8,17H,2,4,9-12H2,1,3H3. The maximum atomic E-state index is 5.87. The van der Waals surface area contributed by atoms with Gasteiger partial charge >= 0.3 is 0 Å². The molecule has 0 atom stereocenters. The molecule has 0 fully saturated rings. The second kappa shape index (κ2) is 8.30. The van der Waals surface area contributed by atoms with Crippen molar-refractivity contribution in [3.05, 3.63) is 47.0 Å². The van der Waals surface area contributed by atoms with Crippen LogP contribution >= 0.6 is 11.6 Å². The molecule has 0 aliphatic heterocycles. The van der Waals surface area contributed by atoms with Crippen molar-refractivity contribution in [2.45, 2.75) is 19.9 Å². The minimum absolute atomic E-state index is 0.787. The predicted octanol–water partition coefficient (Wildman–Crippen LogP) is 3.33. The number of nitrogens with zero attached hydrogens (tertiary/aromatic N) is 1. The molecular weight excluding hydrogens is 244 g/mol. The van der Waals surface area contributed by atoms with E-state index in [9.17, 15) is 0 Å². The van der Waals surface area contributed by atoms with Crippen LogP contribution in [0.3, 0.4) is 0 Å². The smallest absolute Gasteiger partial charge is 0.0406 e. The number of benzene rings is 1. The number of halogens is 1. The minimum atomic E-state index is 0.787. The van der Waals surface area contributed by atoms with Crippen LogP contribution in [-0.2, 0) is 6.54 Å². The van der Waals surface area contributed by atoms with Crippen molar-refractivity contribution in [2.24, 2.45) is 0 Å². The molecule has 1 N–H and O–H groups in total. The summed E-state index contributed by atoms with van der Waals surface area (Å²) in [5, 5.41) is 4.15. The van der Waals surface area contributed by atoms with Gasteiger partial charge in [-0.3, -0.25) is 4.90 Å². The van der Waals surface area contributed by atoms with Gasteiger partial charge in [-0.1, -0.05) is 37.2 Å². The molecule has 0 amide bonds. The Morgan fingerprint density at radius 2 is 2.00 bits per heavy atom. The zero-order valence-electron chi connectivity index (χ0n) is 11.4. The molecule has 0 spiro atoms. The van der Waals surface area contributed by atoms with E-state index in [2.05, 4.69) is 42.9 Å². The van der Waals surface area contributed by atoms with E-state index in [0.29, 0.717) is 0 Å². The van der Waals surface area contributed by atoms with Crippen molar-refractivity contribution in [1.82, 2.24) is 10.2 Å². The summed E-state index contributed by atoms with van der Waals surface area (Å²) in [6.07, 6.45) is 1.16. The lowest BCUT2D eigenvalue weighted by Gasteiger charge is -2.18. The Bertz CT molecular complexity index is 359. The van der Waals surface area contributed by atoms with E-state index >= 15 is 0 Å². The van der Waals surface area contributed by atoms with Gasteiger partial charge in [0.2, 0.25) is 0 Å². The molecule has 0 saturated heterocycles. The first-order valence-corrected chi connectivity index (χ1v) is 6.80. The predicted molar refractivity (Wildman–Crippen MR) is 80.1 cm³/mol. The maximum absolute atomic E-state index is 5.87. The molecular formula is C15H23ClN2. The summed E-state index contributed by atoms with van der Waals surface area (Å²) in [6, 6.07) is 8.00. The van der Waals surface area contributed by atoms with E-state index in [-0.39, 0.29) is 0 Å². The van der Waals surface area contributed by atoms with Crippen LogP contribution in [0, 0.1) is 0 Å². The first-order chi connectivity index (χ1) is 8.61. The van der Waals surface area contributed by atoms with E-state index in [1.54, 1.807) is 0 Å². The Kier molecular flexibility index (Phi) is 7.02. The quantitative estimate of drug-likeness (QED) is 0.574. The van der Waals surface area contributed by atoms with Crippen molar-refractivity contribution in [1.29, 1.82) is 0 Å². The number of nitrogens with one attached hydrogen (secondary N) is 1. The van der Waals surface area contributed by atoms with Gasteiger partial charge in [-0.25, -0.2) is 0 Å². The molecule has 3 heteroatoms. The van der Waals surface area contributed by atoms with Gasteiger partial charge in [0.05, 0.1) is 0 Å². The third kappa shape index (κ3) is 6.20. The highest BCUT2D eigenvalue weighted by Crippen LogP contribution is 2.11. The summed E-state index contributed by atoms with van der Waals surface area (Å²) in [6.45, 7) is 10.1. The average Bonchev–Trinajstić information content (AvgIpc) is 2.32. The number of hydrogen-bond donors (Lipinski definition) is 1. The summed E-state index contributed by atoms with van der Waals surface area (Å²) < 4.78 is 0. The van der Waals surface area contributed by atoms with Gasteiger partial charge in [0, 0.05) is 24.7 Å². The molecule has 0 heterocycles. The Balaban J connectivity index is 2.30. The number of rotatable bonds is 8. The molecule has 0 aromatic heterocycles.